The third-order valence-corrected chi connectivity index (χ3v) is 7.82. The van der Waals surface area contributed by atoms with E-state index < -0.39 is 9.84 Å². The van der Waals surface area contributed by atoms with Gasteiger partial charge in [-0.3, -0.25) is 14.9 Å². The highest BCUT2D eigenvalue weighted by Crippen LogP contribution is 2.46. The van der Waals surface area contributed by atoms with Crippen LogP contribution in [0.4, 0.5) is 0 Å². The van der Waals surface area contributed by atoms with Gasteiger partial charge >= 0.3 is 0 Å². The molecule has 0 bridgehead atoms. The second kappa shape index (κ2) is 6.25. The van der Waals surface area contributed by atoms with Crippen LogP contribution < -0.4 is 0 Å². The molecule has 0 spiro atoms. The van der Waals surface area contributed by atoms with Gasteiger partial charge in [-0.25, -0.2) is 8.42 Å². The summed E-state index contributed by atoms with van der Waals surface area (Å²) in [6.45, 7) is 1.98. The van der Waals surface area contributed by atoms with Gasteiger partial charge in [-0.1, -0.05) is 18.2 Å². The number of benzene rings is 1. The van der Waals surface area contributed by atoms with Crippen LogP contribution in [0.2, 0.25) is 0 Å². The summed E-state index contributed by atoms with van der Waals surface area (Å²) in [4.78, 5) is 11.3. The van der Waals surface area contributed by atoms with Crippen molar-refractivity contribution in [1.82, 2.24) is 14.9 Å². The number of rotatable bonds is 3. The quantitative estimate of drug-likeness (QED) is 0.702. The molecule has 0 radical (unpaired) electrons. The summed E-state index contributed by atoms with van der Waals surface area (Å²) in [6, 6.07) is 15.4. The van der Waals surface area contributed by atoms with E-state index in [1.165, 1.54) is 0 Å². The molecule has 27 heavy (non-hydrogen) atoms. The first-order valence-electron chi connectivity index (χ1n) is 9.03. The predicted molar refractivity (Wildman–Crippen MR) is 103 cm³/mol. The maximum absolute atomic E-state index is 13.1. The number of pyridine rings is 2. The predicted octanol–water partition coefficient (Wildman–Crippen LogP) is 2.90. The van der Waals surface area contributed by atoms with E-state index in [1.807, 2.05) is 48.7 Å². The van der Waals surface area contributed by atoms with E-state index in [1.54, 1.807) is 18.5 Å². The van der Waals surface area contributed by atoms with E-state index in [4.69, 9.17) is 0 Å². The summed E-state index contributed by atoms with van der Waals surface area (Å²) in [7, 11) is -3.28. The lowest BCUT2D eigenvalue weighted by atomic mass is 9.95. The molecule has 0 saturated carbocycles. The number of likely N-dealkylation sites (tertiary alicyclic amines) is 1. The van der Waals surface area contributed by atoms with Crippen molar-refractivity contribution in [2.75, 3.05) is 13.1 Å². The second-order valence-electron chi connectivity index (χ2n) is 7.20. The Bertz CT molecular complexity index is 1080. The van der Waals surface area contributed by atoms with Crippen LogP contribution in [0.1, 0.15) is 17.2 Å². The van der Waals surface area contributed by atoms with Gasteiger partial charge in [-0.2, -0.15) is 0 Å². The maximum Gasteiger partial charge on any atom is 0.183 e. The molecular weight excluding hydrogens is 358 g/mol. The molecule has 2 aliphatic heterocycles. The zero-order valence-corrected chi connectivity index (χ0v) is 15.5. The van der Waals surface area contributed by atoms with E-state index in [0.717, 1.165) is 28.9 Å². The Morgan fingerprint density at radius 2 is 1.93 bits per heavy atom. The first kappa shape index (κ1) is 16.6. The van der Waals surface area contributed by atoms with Gasteiger partial charge < -0.3 is 0 Å². The average molecular weight is 377 g/mol. The fourth-order valence-electron chi connectivity index (χ4n) is 4.29. The minimum Gasteiger partial charge on any atom is -0.296 e. The molecule has 2 aromatic heterocycles. The molecule has 5 nitrogen and oxygen atoms in total. The third-order valence-electron chi connectivity index (χ3n) is 5.56. The third kappa shape index (κ3) is 2.76. The van der Waals surface area contributed by atoms with Crippen molar-refractivity contribution in [3.8, 4) is 11.1 Å². The van der Waals surface area contributed by atoms with Gasteiger partial charge in [0.25, 0.3) is 0 Å². The number of hydrogen-bond acceptors (Lipinski definition) is 5. The Morgan fingerprint density at radius 1 is 1.00 bits per heavy atom. The molecule has 2 unspecified atom stereocenters. The van der Waals surface area contributed by atoms with Crippen molar-refractivity contribution in [2.45, 2.75) is 22.6 Å². The summed E-state index contributed by atoms with van der Waals surface area (Å²) >= 11 is 0. The Hall–Kier alpha value is -2.57. The molecule has 5 rings (SSSR count). The highest BCUT2D eigenvalue weighted by atomic mass is 32.2. The Kier molecular flexibility index (Phi) is 3.84. The van der Waals surface area contributed by atoms with Crippen LogP contribution in [0, 0.1) is 0 Å². The molecule has 1 fully saturated rings. The van der Waals surface area contributed by atoms with Gasteiger partial charge in [0, 0.05) is 44.1 Å². The minimum atomic E-state index is -3.28. The van der Waals surface area contributed by atoms with Gasteiger partial charge in [0.05, 0.1) is 15.8 Å². The Morgan fingerprint density at radius 3 is 2.70 bits per heavy atom. The van der Waals surface area contributed by atoms with Gasteiger partial charge in [0.1, 0.15) is 0 Å². The van der Waals surface area contributed by atoms with Gasteiger partial charge in [-0.15, -0.1) is 0 Å². The maximum atomic E-state index is 13.1. The molecule has 0 aliphatic carbocycles. The summed E-state index contributed by atoms with van der Waals surface area (Å²) in [5.74, 6) is 0.0188. The van der Waals surface area contributed by atoms with E-state index in [9.17, 15) is 8.42 Å². The standard InChI is InChI=1S/C21H19N3O2S/c25-27(26)20-7-6-15(16-4-3-8-22-11-16)10-18(20)19-13-24(14-21(19)27)12-17-5-1-2-9-23-17/h1-11,19,21H,12-14H2. The normalized spacial score (nSPS) is 23.1. The second-order valence-corrected chi connectivity index (χ2v) is 9.33. The van der Waals surface area contributed by atoms with E-state index in [-0.39, 0.29) is 11.2 Å². The monoisotopic (exact) mass is 377 g/mol. The molecule has 1 aromatic carbocycles. The molecule has 2 aliphatic rings. The lowest BCUT2D eigenvalue weighted by Crippen LogP contribution is -2.26. The zero-order chi connectivity index (χ0) is 18.4. The Balaban J connectivity index is 1.49. The summed E-state index contributed by atoms with van der Waals surface area (Å²) < 4.78 is 26.1. The molecule has 4 heterocycles. The fraction of sp³-hybridized carbons (Fsp3) is 0.238. The summed E-state index contributed by atoms with van der Waals surface area (Å²) in [5, 5.41) is -0.361. The van der Waals surface area contributed by atoms with Crippen LogP contribution in [0.25, 0.3) is 11.1 Å². The van der Waals surface area contributed by atoms with Crippen molar-refractivity contribution < 1.29 is 8.42 Å². The molecule has 2 atom stereocenters. The lowest BCUT2D eigenvalue weighted by Gasteiger charge is -2.17. The van der Waals surface area contributed by atoms with E-state index in [0.29, 0.717) is 18.0 Å². The van der Waals surface area contributed by atoms with Gasteiger partial charge in [0.15, 0.2) is 9.84 Å². The van der Waals surface area contributed by atoms with Crippen LogP contribution in [0.15, 0.2) is 72.0 Å². The van der Waals surface area contributed by atoms with Crippen LogP contribution in [-0.4, -0.2) is 41.6 Å². The van der Waals surface area contributed by atoms with Crippen LogP contribution in [0.3, 0.4) is 0 Å². The van der Waals surface area contributed by atoms with Crippen molar-refractivity contribution in [1.29, 1.82) is 0 Å². The largest absolute Gasteiger partial charge is 0.296 e. The topological polar surface area (TPSA) is 63.2 Å². The molecular formula is C21H19N3O2S. The van der Waals surface area contributed by atoms with Crippen molar-refractivity contribution in [3.63, 3.8) is 0 Å². The number of fused-ring (bicyclic) bond motifs is 3. The van der Waals surface area contributed by atoms with Crippen LogP contribution in [0.5, 0.6) is 0 Å². The highest BCUT2D eigenvalue weighted by Gasteiger charge is 2.50. The van der Waals surface area contributed by atoms with Crippen molar-refractivity contribution in [2.24, 2.45) is 0 Å². The zero-order valence-electron chi connectivity index (χ0n) is 14.7. The first-order valence-corrected chi connectivity index (χ1v) is 10.6. The van der Waals surface area contributed by atoms with Crippen LogP contribution >= 0.6 is 0 Å². The number of sulfone groups is 1. The van der Waals surface area contributed by atoms with E-state index >= 15 is 0 Å². The minimum absolute atomic E-state index is 0.0188. The molecule has 3 aromatic rings. The average Bonchev–Trinajstić information content (AvgIpc) is 3.21. The summed E-state index contributed by atoms with van der Waals surface area (Å²) in [6.07, 6.45) is 5.33. The number of nitrogens with zero attached hydrogens (tertiary/aromatic N) is 3. The molecule has 0 N–H and O–H groups in total. The molecule has 1 saturated heterocycles. The first-order chi connectivity index (χ1) is 13.1. The lowest BCUT2D eigenvalue weighted by molar-refractivity contribution is 0.321. The Labute approximate surface area is 158 Å². The SMILES string of the molecule is O=S1(=O)c2ccc(-c3cccnc3)cc2C2CN(Cc3ccccn3)CC21. The summed E-state index contributed by atoms with van der Waals surface area (Å²) in [5.41, 5.74) is 3.94. The smallest absolute Gasteiger partial charge is 0.183 e. The molecule has 136 valence electrons. The molecule has 6 heteroatoms. The van der Waals surface area contributed by atoms with Gasteiger partial charge in [0.2, 0.25) is 0 Å². The highest BCUT2D eigenvalue weighted by molar-refractivity contribution is 7.92. The van der Waals surface area contributed by atoms with Gasteiger partial charge in [-0.05, 0) is 47.0 Å². The van der Waals surface area contributed by atoms with E-state index in [2.05, 4.69) is 14.9 Å². The number of aromatic nitrogens is 2. The van der Waals surface area contributed by atoms with Crippen molar-refractivity contribution >= 4 is 9.84 Å². The van der Waals surface area contributed by atoms with Crippen LogP contribution in [-0.2, 0) is 16.4 Å². The van der Waals surface area contributed by atoms with Crippen molar-refractivity contribution in [3.05, 3.63) is 78.4 Å². The fourth-order valence-corrected chi connectivity index (χ4v) is 6.48. The number of hydrogen-bond donors (Lipinski definition) is 0. The molecule has 0 amide bonds.